The molecule has 9 nitrogen and oxygen atoms in total. The summed E-state index contributed by atoms with van der Waals surface area (Å²) in [5, 5.41) is 13.6. The van der Waals surface area contributed by atoms with Crippen LogP contribution in [0.4, 0.5) is 11.4 Å². The molecular formula is C25H21N3O6S. The van der Waals surface area contributed by atoms with Crippen LogP contribution in [0.3, 0.4) is 0 Å². The van der Waals surface area contributed by atoms with E-state index in [0.717, 1.165) is 10.4 Å². The van der Waals surface area contributed by atoms with Gasteiger partial charge in [0.1, 0.15) is 11.3 Å². The lowest BCUT2D eigenvalue weighted by Crippen LogP contribution is -2.21. The zero-order valence-electron chi connectivity index (χ0n) is 18.7. The minimum absolute atomic E-state index is 0.171. The first-order valence-corrected chi connectivity index (χ1v) is 11.3. The highest BCUT2D eigenvalue weighted by atomic mass is 32.1. The number of carbonyl (C=O) groups excluding carboxylic acids is 4. The molecule has 2 amide bonds. The molecule has 0 aliphatic carbocycles. The van der Waals surface area contributed by atoms with E-state index in [4.69, 9.17) is 14.7 Å². The SMILES string of the molecule is CCOC(=O)c1sc(-c2ccccc2)cc1NC(=O)COC(=O)c1ccc(NC(=O)CC#N)cc1. The highest BCUT2D eigenvalue weighted by Crippen LogP contribution is 2.35. The third kappa shape index (κ3) is 6.99. The molecule has 0 saturated heterocycles. The minimum atomic E-state index is -0.740. The van der Waals surface area contributed by atoms with Crippen LogP contribution in [0.1, 0.15) is 33.4 Å². The molecule has 10 heteroatoms. The maximum Gasteiger partial charge on any atom is 0.350 e. The van der Waals surface area contributed by atoms with Gasteiger partial charge in [-0.1, -0.05) is 30.3 Å². The average molecular weight is 492 g/mol. The molecule has 0 unspecified atom stereocenters. The van der Waals surface area contributed by atoms with E-state index >= 15 is 0 Å². The molecule has 0 saturated carbocycles. The van der Waals surface area contributed by atoms with Crippen LogP contribution in [-0.4, -0.2) is 37.0 Å². The van der Waals surface area contributed by atoms with Crippen molar-refractivity contribution < 1.29 is 28.7 Å². The molecule has 3 rings (SSSR count). The fourth-order valence-electron chi connectivity index (χ4n) is 2.94. The molecule has 0 aliphatic heterocycles. The lowest BCUT2D eigenvalue weighted by molar-refractivity contribution is -0.119. The Balaban J connectivity index is 1.63. The number of amides is 2. The number of ether oxygens (including phenoxy) is 2. The van der Waals surface area contributed by atoms with E-state index in [0.29, 0.717) is 5.69 Å². The topological polar surface area (TPSA) is 135 Å². The van der Waals surface area contributed by atoms with Crippen LogP contribution >= 0.6 is 11.3 Å². The summed E-state index contributed by atoms with van der Waals surface area (Å²) in [5.41, 5.74) is 1.73. The van der Waals surface area contributed by atoms with Gasteiger partial charge in [-0.05, 0) is 42.8 Å². The summed E-state index contributed by atoms with van der Waals surface area (Å²) in [7, 11) is 0. The van der Waals surface area contributed by atoms with Crippen molar-refractivity contribution in [2.45, 2.75) is 13.3 Å². The Morgan fingerprint density at radius 3 is 2.29 bits per heavy atom. The van der Waals surface area contributed by atoms with Crippen molar-refractivity contribution in [3.8, 4) is 16.5 Å². The second kappa shape index (κ2) is 12.1. The normalized spacial score (nSPS) is 10.1. The molecule has 0 spiro atoms. The van der Waals surface area contributed by atoms with Gasteiger partial charge in [0.15, 0.2) is 6.61 Å². The first kappa shape index (κ1) is 25.1. The van der Waals surface area contributed by atoms with Gasteiger partial charge in [-0.3, -0.25) is 9.59 Å². The van der Waals surface area contributed by atoms with E-state index in [9.17, 15) is 19.2 Å². The van der Waals surface area contributed by atoms with E-state index in [1.165, 1.54) is 35.6 Å². The third-order valence-corrected chi connectivity index (χ3v) is 5.67. The van der Waals surface area contributed by atoms with Crippen molar-refractivity contribution in [3.63, 3.8) is 0 Å². The van der Waals surface area contributed by atoms with Gasteiger partial charge in [0.2, 0.25) is 5.91 Å². The Bertz CT molecular complexity index is 1260. The van der Waals surface area contributed by atoms with Crippen molar-refractivity contribution in [2.24, 2.45) is 0 Å². The number of anilines is 2. The number of rotatable bonds is 9. The smallest absolute Gasteiger partial charge is 0.350 e. The van der Waals surface area contributed by atoms with E-state index in [1.807, 2.05) is 30.3 Å². The maximum atomic E-state index is 12.5. The average Bonchev–Trinajstić information content (AvgIpc) is 3.27. The number of nitrogens with one attached hydrogen (secondary N) is 2. The fourth-order valence-corrected chi connectivity index (χ4v) is 3.96. The largest absolute Gasteiger partial charge is 0.462 e. The molecule has 2 N–H and O–H groups in total. The Morgan fingerprint density at radius 2 is 1.63 bits per heavy atom. The molecule has 1 aromatic heterocycles. The molecular weight excluding hydrogens is 470 g/mol. The molecule has 0 bridgehead atoms. The van der Waals surface area contributed by atoms with Crippen molar-refractivity contribution in [3.05, 3.63) is 71.1 Å². The first-order valence-electron chi connectivity index (χ1n) is 10.5. The molecule has 35 heavy (non-hydrogen) atoms. The van der Waals surface area contributed by atoms with E-state index in [2.05, 4.69) is 10.6 Å². The minimum Gasteiger partial charge on any atom is -0.462 e. The summed E-state index contributed by atoms with van der Waals surface area (Å²) in [5.74, 6) is -2.39. The van der Waals surface area contributed by atoms with Gasteiger partial charge in [-0.15, -0.1) is 11.3 Å². The number of carbonyl (C=O) groups is 4. The molecule has 1 heterocycles. The first-order chi connectivity index (χ1) is 16.9. The molecule has 0 radical (unpaired) electrons. The monoisotopic (exact) mass is 491 g/mol. The van der Waals surface area contributed by atoms with Crippen LogP contribution in [0.2, 0.25) is 0 Å². The van der Waals surface area contributed by atoms with E-state index in [-0.39, 0.29) is 29.2 Å². The zero-order chi connectivity index (χ0) is 25.2. The van der Waals surface area contributed by atoms with Crippen molar-refractivity contribution in [1.29, 1.82) is 5.26 Å². The van der Waals surface area contributed by atoms with Gasteiger partial charge in [-0.25, -0.2) is 9.59 Å². The van der Waals surface area contributed by atoms with Crippen LogP contribution < -0.4 is 10.6 Å². The van der Waals surface area contributed by atoms with Crippen LogP contribution in [-0.2, 0) is 19.1 Å². The summed E-state index contributed by atoms with van der Waals surface area (Å²) in [6, 6.07) is 18.6. The van der Waals surface area contributed by atoms with E-state index < -0.39 is 30.4 Å². The number of benzene rings is 2. The lowest BCUT2D eigenvalue weighted by atomic mass is 10.2. The quantitative estimate of drug-likeness (QED) is 0.428. The Hall–Kier alpha value is -4.49. The van der Waals surface area contributed by atoms with Gasteiger partial charge in [0, 0.05) is 10.6 Å². The Kier molecular flexibility index (Phi) is 8.70. The number of nitriles is 1. The zero-order valence-corrected chi connectivity index (χ0v) is 19.5. The van der Waals surface area contributed by atoms with Gasteiger partial charge in [0.25, 0.3) is 5.91 Å². The predicted octanol–water partition coefficient (Wildman–Crippen LogP) is 4.24. The highest BCUT2D eigenvalue weighted by molar-refractivity contribution is 7.18. The molecule has 178 valence electrons. The molecule has 0 aliphatic rings. The van der Waals surface area contributed by atoms with Gasteiger partial charge >= 0.3 is 11.9 Å². The second-order valence-corrected chi connectivity index (χ2v) is 8.08. The highest BCUT2D eigenvalue weighted by Gasteiger charge is 2.20. The second-order valence-electron chi connectivity index (χ2n) is 7.02. The molecule has 0 atom stereocenters. The van der Waals surface area contributed by atoms with Crippen LogP contribution in [0.15, 0.2) is 60.7 Å². The van der Waals surface area contributed by atoms with Crippen LogP contribution in [0.25, 0.3) is 10.4 Å². The Morgan fingerprint density at radius 1 is 0.914 bits per heavy atom. The fraction of sp³-hybridized carbons (Fsp3) is 0.160. The molecule has 2 aromatic carbocycles. The molecule has 3 aromatic rings. The number of esters is 2. The van der Waals surface area contributed by atoms with Crippen molar-refractivity contribution in [2.75, 3.05) is 23.8 Å². The van der Waals surface area contributed by atoms with E-state index in [1.54, 1.807) is 19.1 Å². The maximum absolute atomic E-state index is 12.5. The van der Waals surface area contributed by atoms with Gasteiger partial charge < -0.3 is 20.1 Å². The summed E-state index contributed by atoms with van der Waals surface area (Å²) in [6.45, 7) is 1.30. The number of nitrogens with zero attached hydrogens (tertiary/aromatic N) is 1. The van der Waals surface area contributed by atoms with Crippen molar-refractivity contribution >= 4 is 46.5 Å². The summed E-state index contributed by atoms with van der Waals surface area (Å²) in [4.78, 5) is 49.6. The lowest BCUT2D eigenvalue weighted by Gasteiger charge is -2.08. The number of thiophene rings is 1. The standard InChI is InChI=1S/C25H21N3O6S/c1-2-33-25(32)23-19(14-20(35-23)16-6-4-3-5-7-16)28-22(30)15-34-24(31)17-8-10-18(11-9-17)27-21(29)12-13-26/h3-11,14H,2,12,15H2,1H3,(H,27,29)(H,28,30). The van der Waals surface area contributed by atoms with Gasteiger partial charge in [-0.2, -0.15) is 5.26 Å². The summed E-state index contributed by atoms with van der Waals surface area (Å²) >= 11 is 1.19. The summed E-state index contributed by atoms with van der Waals surface area (Å²) in [6.07, 6.45) is -0.284. The number of hydrogen-bond acceptors (Lipinski definition) is 8. The predicted molar refractivity (Wildman–Crippen MR) is 130 cm³/mol. The molecule has 0 fully saturated rings. The third-order valence-electron chi connectivity index (χ3n) is 4.50. The number of hydrogen-bond donors (Lipinski definition) is 2. The summed E-state index contributed by atoms with van der Waals surface area (Å²) < 4.78 is 10.2. The van der Waals surface area contributed by atoms with Gasteiger partial charge in [0.05, 0.1) is 23.9 Å². The van der Waals surface area contributed by atoms with Crippen LogP contribution in [0.5, 0.6) is 0 Å². The Labute approximate surface area is 205 Å². The van der Waals surface area contributed by atoms with Crippen molar-refractivity contribution in [1.82, 2.24) is 0 Å². The van der Waals surface area contributed by atoms with Crippen LogP contribution in [0, 0.1) is 11.3 Å².